The van der Waals surface area contributed by atoms with E-state index in [0.29, 0.717) is 38.6 Å². The number of carbonyl (C=O) groups excluding carboxylic acids is 2. The molecule has 2 aliphatic heterocycles. The first-order chi connectivity index (χ1) is 14.0. The number of hydrogen-bond donors (Lipinski definition) is 2. The van der Waals surface area contributed by atoms with Crippen molar-refractivity contribution < 1.29 is 19.5 Å². The second-order valence-corrected chi connectivity index (χ2v) is 8.09. The molecule has 1 unspecified atom stereocenters. The van der Waals surface area contributed by atoms with Gasteiger partial charge in [0, 0.05) is 69.9 Å². The van der Waals surface area contributed by atoms with Gasteiger partial charge in [-0.15, -0.1) is 0 Å². The van der Waals surface area contributed by atoms with Crippen LogP contribution in [0.25, 0.3) is 0 Å². The summed E-state index contributed by atoms with van der Waals surface area (Å²) in [4.78, 5) is 43.9. The number of nitrogens with one attached hydrogen (secondary N) is 1. The van der Waals surface area contributed by atoms with Crippen LogP contribution in [0.15, 0.2) is 24.5 Å². The highest BCUT2D eigenvalue weighted by molar-refractivity contribution is 5.80. The molecule has 158 valence electrons. The van der Waals surface area contributed by atoms with E-state index in [1.807, 2.05) is 17.2 Å². The Morgan fingerprint density at radius 2 is 2.00 bits per heavy atom. The van der Waals surface area contributed by atoms with E-state index in [9.17, 15) is 14.4 Å². The fraction of sp³-hybridized carbons (Fsp3) is 0.619. The van der Waals surface area contributed by atoms with E-state index >= 15 is 0 Å². The van der Waals surface area contributed by atoms with Crippen LogP contribution in [0.2, 0.25) is 0 Å². The Morgan fingerprint density at radius 1 is 1.17 bits per heavy atom. The summed E-state index contributed by atoms with van der Waals surface area (Å²) in [5.74, 6) is -0.842. The first-order valence-corrected chi connectivity index (χ1v) is 10.4. The lowest BCUT2D eigenvalue weighted by atomic mass is 9.86. The quantitative estimate of drug-likeness (QED) is 0.682. The number of nitrogens with zero attached hydrogens (tertiary/aromatic N) is 3. The van der Waals surface area contributed by atoms with Gasteiger partial charge in [0.2, 0.25) is 11.8 Å². The minimum absolute atomic E-state index is 0.00148. The molecule has 0 saturated carbocycles. The SMILES string of the molecule is O=C(O)CCC1(CCC(=O)N2CCCN(Cc3cccnc3)CC2)CCC(=O)N1. The third kappa shape index (κ3) is 6.25. The minimum atomic E-state index is -0.877. The Labute approximate surface area is 171 Å². The van der Waals surface area contributed by atoms with Crippen molar-refractivity contribution in [3.8, 4) is 0 Å². The minimum Gasteiger partial charge on any atom is -0.481 e. The third-order valence-electron chi connectivity index (χ3n) is 5.94. The second-order valence-electron chi connectivity index (χ2n) is 8.09. The lowest BCUT2D eigenvalue weighted by Crippen LogP contribution is -2.43. The number of carboxylic acids is 1. The molecule has 8 nitrogen and oxygen atoms in total. The van der Waals surface area contributed by atoms with Gasteiger partial charge in [-0.1, -0.05) is 6.07 Å². The third-order valence-corrected chi connectivity index (χ3v) is 5.94. The molecule has 0 radical (unpaired) electrons. The van der Waals surface area contributed by atoms with E-state index < -0.39 is 11.5 Å². The number of hydrogen-bond acceptors (Lipinski definition) is 5. The van der Waals surface area contributed by atoms with Crippen LogP contribution in [0.1, 0.15) is 50.5 Å². The molecular formula is C21H30N4O4. The molecular weight excluding hydrogens is 372 g/mol. The van der Waals surface area contributed by atoms with E-state index in [4.69, 9.17) is 5.11 Å². The Kier molecular flexibility index (Phi) is 7.19. The van der Waals surface area contributed by atoms with E-state index in [-0.39, 0.29) is 18.2 Å². The largest absolute Gasteiger partial charge is 0.481 e. The molecule has 3 heterocycles. The van der Waals surface area contributed by atoms with Gasteiger partial charge in [-0.3, -0.25) is 24.3 Å². The van der Waals surface area contributed by atoms with Crippen LogP contribution >= 0.6 is 0 Å². The van der Waals surface area contributed by atoms with Crippen molar-refractivity contribution in [2.75, 3.05) is 26.2 Å². The number of carboxylic acid groups (broad SMARTS) is 1. The summed E-state index contributed by atoms with van der Waals surface area (Å²) in [6.07, 6.45) is 6.78. The molecule has 2 saturated heterocycles. The van der Waals surface area contributed by atoms with Gasteiger partial charge in [-0.05, 0) is 37.3 Å². The maximum Gasteiger partial charge on any atom is 0.303 e. The Hall–Kier alpha value is -2.48. The molecule has 8 heteroatoms. The van der Waals surface area contributed by atoms with E-state index in [0.717, 1.165) is 32.6 Å². The Bertz CT molecular complexity index is 727. The van der Waals surface area contributed by atoms with Crippen LogP contribution in [0, 0.1) is 0 Å². The van der Waals surface area contributed by atoms with Crippen molar-refractivity contribution >= 4 is 17.8 Å². The summed E-state index contributed by atoms with van der Waals surface area (Å²) in [6, 6.07) is 4.00. The van der Waals surface area contributed by atoms with Crippen molar-refractivity contribution in [3.63, 3.8) is 0 Å². The summed E-state index contributed by atoms with van der Waals surface area (Å²) in [6.45, 7) is 4.02. The van der Waals surface area contributed by atoms with E-state index in [2.05, 4.69) is 21.3 Å². The van der Waals surface area contributed by atoms with Crippen LogP contribution in [-0.2, 0) is 20.9 Å². The van der Waals surface area contributed by atoms with Gasteiger partial charge < -0.3 is 15.3 Å². The second kappa shape index (κ2) is 9.82. The molecule has 2 aliphatic rings. The zero-order valence-corrected chi connectivity index (χ0v) is 16.8. The molecule has 29 heavy (non-hydrogen) atoms. The zero-order valence-electron chi connectivity index (χ0n) is 16.8. The highest BCUT2D eigenvalue weighted by Crippen LogP contribution is 2.30. The summed E-state index contributed by atoms with van der Waals surface area (Å²) < 4.78 is 0. The predicted molar refractivity (Wildman–Crippen MR) is 107 cm³/mol. The standard InChI is InChI=1S/C21H30N4O4/c26-18-4-7-21(23-18,9-6-20(28)29)8-5-19(27)25-12-2-11-24(13-14-25)16-17-3-1-10-22-15-17/h1,3,10,15H,2,4-9,11-14,16H2,(H,23,26)(H,28,29). The number of carbonyl (C=O) groups is 3. The highest BCUT2D eigenvalue weighted by atomic mass is 16.4. The van der Waals surface area contributed by atoms with Gasteiger partial charge in [0.25, 0.3) is 0 Å². The maximum atomic E-state index is 12.8. The number of aliphatic carboxylic acids is 1. The normalized spacial score (nSPS) is 22.9. The Morgan fingerprint density at radius 3 is 2.69 bits per heavy atom. The van der Waals surface area contributed by atoms with Gasteiger partial charge in [0.05, 0.1) is 0 Å². The lowest BCUT2D eigenvalue weighted by Gasteiger charge is -2.30. The monoisotopic (exact) mass is 402 g/mol. The van der Waals surface area contributed by atoms with Crippen LogP contribution in [0.4, 0.5) is 0 Å². The molecule has 1 aromatic heterocycles. The van der Waals surface area contributed by atoms with Gasteiger partial charge in [-0.25, -0.2) is 0 Å². The molecule has 3 rings (SSSR count). The average Bonchev–Trinajstić information content (AvgIpc) is 2.92. The van der Waals surface area contributed by atoms with Crippen molar-refractivity contribution in [2.45, 2.75) is 57.0 Å². The summed E-state index contributed by atoms with van der Waals surface area (Å²) in [5.41, 5.74) is 0.619. The highest BCUT2D eigenvalue weighted by Gasteiger charge is 2.38. The zero-order chi connectivity index (χ0) is 20.7. The van der Waals surface area contributed by atoms with Crippen LogP contribution in [0.3, 0.4) is 0 Å². The topological polar surface area (TPSA) is 103 Å². The molecule has 2 fully saturated rings. The molecule has 0 spiro atoms. The average molecular weight is 402 g/mol. The van der Waals surface area contributed by atoms with Crippen LogP contribution in [-0.4, -0.2) is 69.4 Å². The van der Waals surface area contributed by atoms with E-state index in [1.54, 1.807) is 6.20 Å². The fourth-order valence-corrected chi connectivity index (χ4v) is 4.25. The molecule has 0 bridgehead atoms. The number of pyridine rings is 1. The van der Waals surface area contributed by atoms with Crippen molar-refractivity contribution in [1.82, 2.24) is 20.1 Å². The molecule has 2 N–H and O–H groups in total. The molecule has 0 aliphatic carbocycles. The molecule has 1 atom stereocenters. The summed E-state index contributed by atoms with van der Waals surface area (Å²) >= 11 is 0. The smallest absolute Gasteiger partial charge is 0.303 e. The van der Waals surface area contributed by atoms with Crippen molar-refractivity contribution in [2.24, 2.45) is 0 Å². The number of aromatic nitrogens is 1. The van der Waals surface area contributed by atoms with Gasteiger partial charge >= 0.3 is 5.97 Å². The van der Waals surface area contributed by atoms with E-state index in [1.165, 1.54) is 5.56 Å². The first-order valence-electron chi connectivity index (χ1n) is 10.4. The van der Waals surface area contributed by atoms with Gasteiger partial charge in [0.1, 0.15) is 0 Å². The first kappa shape index (κ1) is 21.2. The van der Waals surface area contributed by atoms with Crippen LogP contribution < -0.4 is 5.32 Å². The predicted octanol–water partition coefficient (Wildman–Crippen LogP) is 1.41. The number of rotatable bonds is 8. The van der Waals surface area contributed by atoms with Gasteiger partial charge in [-0.2, -0.15) is 0 Å². The maximum absolute atomic E-state index is 12.8. The van der Waals surface area contributed by atoms with Crippen molar-refractivity contribution in [3.05, 3.63) is 30.1 Å². The van der Waals surface area contributed by atoms with Crippen molar-refractivity contribution in [1.29, 1.82) is 0 Å². The fourth-order valence-electron chi connectivity index (χ4n) is 4.25. The molecule has 2 amide bonds. The van der Waals surface area contributed by atoms with Gasteiger partial charge in [0.15, 0.2) is 0 Å². The van der Waals surface area contributed by atoms with Crippen LogP contribution in [0.5, 0.6) is 0 Å². The molecule has 1 aromatic rings. The summed E-state index contributed by atoms with van der Waals surface area (Å²) in [5, 5.41) is 11.9. The molecule has 0 aromatic carbocycles. The Balaban J connectivity index is 1.49. The number of amides is 2. The lowest BCUT2D eigenvalue weighted by molar-refractivity contribution is -0.137. The summed E-state index contributed by atoms with van der Waals surface area (Å²) in [7, 11) is 0.